The molecule has 1 aliphatic carbocycles. The number of aromatic amines is 1. The molecule has 2 aromatic heterocycles. The highest BCUT2D eigenvalue weighted by Crippen LogP contribution is 2.25. The molecule has 1 aliphatic rings. The smallest absolute Gasteiger partial charge is 0.226 e. The summed E-state index contributed by atoms with van der Waals surface area (Å²) in [5, 5.41) is 24.1. The number of aliphatic hydroxyl groups is 1. The first-order valence-electron chi connectivity index (χ1n) is 7.66. The molecule has 0 unspecified atom stereocenters. The van der Waals surface area contributed by atoms with Crippen LogP contribution in [0.3, 0.4) is 0 Å². The number of nitrogens with zero attached hydrogens (tertiary/aromatic N) is 3. The fourth-order valence-corrected chi connectivity index (χ4v) is 2.67. The van der Waals surface area contributed by atoms with Gasteiger partial charge in [0.25, 0.3) is 0 Å². The third kappa shape index (κ3) is 3.24. The van der Waals surface area contributed by atoms with Crippen molar-refractivity contribution < 1.29 is 5.11 Å². The minimum Gasteiger partial charge on any atom is -0.393 e. The Morgan fingerprint density at radius 1 is 1.29 bits per heavy atom. The van der Waals surface area contributed by atoms with Gasteiger partial charge < -0.3 is 15.7 Å². The van der Waals surface area contributed by atoms with Gasteiger partial charge in [-0.1, -0.05) is 6.92 Å². The van der Waals surface area contributed by atoms with Crippen LogP contribution in [0.4, 0.5) is 11.8 Å². The number of aliphatic hydroxyl groups excluding tert-OH is 1. The second-order valence-electron chi connectivity index (χ2n) is 5.60. The lowest BCUT2D eigenvalue weighted by atomic mass is 9.93. The van der Waals surface area contributed by atoms with Crippen molar-refractivity contribution in [3.8, 4) is 0 Å². The minimum absolute atomic E-state index is 0.149. The minimum atomic E-state index is -0.149. The second kappa shape index (κ2) is 6.26. The van der Waals surface area contributed by atoms with E-state index in [4.69, 9.17) is 0 Å². The molecule has 0 atom stereocenters. The Morgan fingerprint density at radius 3 is 2.86 bits per heavy atom. The van der Waals surface area contributed by atoms with Gasteiger partial charge in [-0.05, 0) is 32.1 Å². The third-order valence-electron chi connectivity index (χ3n) is 3.88. The normalized spacial score (nSPS) is 22.4. The Bertz CT molecular complexity index is 590. The van der Waals surface area contributed by atoms with E-state index < -0.39 is 0 Å². The van der Waals surface area contributed by atoms with E-state index in [9.17, 15) is 5.11 Å². The van der Waals surface area contributed by atoms with Gasteiger partial charge in [-0.25, -0.2) is 0 Å². The van der Waals surface area contributed by atoms with E-state index in [-0.39, 0.29) is 6.10 Å². The number of hydrogen-bond donors (Lipinski definition) is 4. The Kier molecular flexibility index (Phi) is 4.19. The molecule has 0 bridgehead atoms. The summed E-state index contributed by atoms with van der Waals surface area (Å²) in [6.07, 6.45) is 6.23. The maximum Gasteiger partial charge on any atom is 0.226 e. The number of nitrogens with one attached hydrogen (secondary N) is 3. The van der Waals surface area contributed by atoms with Crippen LogP contribution in [0, 0.1) is 0 Å². The number of H-pyrrole nitrogens is 1. The van der Waals surface area contributed by atoms with Gasteiger partial charge in [0.05, 0.1) is 17.7 Å². The predicted octanol–water partition coefficient (Wildman–Crippen LogP) is 1.89. The van der Waals surface area contributed by atoms with Crippen LogP contribution < -0.4 is 10.6 Å². The van der Waals surface area contributed by atoms with Crippen molar-refractivity contribution in [1.29, 1.82) is 0 Å². The number of anilines is 2. The van der Waals surface area contributed by atoms with E-state index in [2.05, 4.69) is 37.7 Å². The molecule has 3 rings (SSSR count). The van der Waals surface area contributed by atoms with Crippen LogP contribution in [-0.2, 0) is 0 Å². The first kappa shape index (κ1) is 14.1. The summed E-state index contributed by atoms with van der Waals surface area (Å²) in [5.74, 6) is 1.43. The molecule has 1 saturated carbocycles. The molecular formula is C14H22N6O. The lowest BCUT2D eigenvalue weighted by Gasteiger charge is -2.26. The van der Waals surface area contributed by atoms with E-state index in [0.717, 1.165) is 55.5 Å². The Labute approximate surface area is 123 Å². The maximum absolute atomic E-state index is 9.59. The third-order valence-corrected chi connectivity index (χ3v) is 3.88. The molecule has 0 radical (unpaired) electrons. The van der Waals surface area contributed by atoms with Crippen molar-refractivity contribution in [3.63, 3.8) is 0 Å². The quantitative estimate of drug-likeness (QED) is 0.671. The van der Waals surface area contributed by atoms with Gasteiger partial charge in [-0.15, -0.1) is 0 Å². The van der Waals surface area contributed by atoms with Gasteiger partial charge in [-0.2, -0.15) is 15.1 Å². The van der Waals surface area contributed by atoms with Crippen LogP contribution in [0.1, 0.15) is 39.0 Å². The molecule has 7 heteroatoms. The highest BCUT2D eigenvalue weighted by molar-refractivity contribution is 5.87. The molecule has 2 aromatic rings. The van der Waals surface area contributed by atoms with Crippen molar-refractivity contribution in [2.75, 3.05) is 17.2 Å². The molecule has 0 amide bonds. The summed E-state index contributed by atoms with van der Waals surface area (Å²) in [6.45, 7) is 2.95. The van der Waals surface area contributed by atoms with Gasteiger partial charge in [0.15, 0.2) is 5.65 Å². The Hall–Kier alpha value is -1.89. The molecule has 114 valence electrons. The fraction of sp³-hybridized carbons (Fsp3) is 0.643. The van der Waals surface area contributed by atoms with E-state index >= 15 is 0 Å². The molecule has 2 heterocycles. The van der Waals surface area contributed by atoms with Crippen LogP contribution in [0.5, 0.6) is 0 Å². The highest BCUT2D eigenvalue weighted by Gasteiger charge is 2.21. The molecular weight excluding hydrogens is 268 g/mol. The lowest BCUT2D eigenvalue weighted by Crippen LogP contribution is -2.28. The van der Waals surface area contributed by atoms with Gasteiger partial charge in [0.1, 0.15) is 5.82 Å². The number of fused-ring (bicyclic) bond motifs is 1. The Balaban J connectivity index is 1.80. The van der Waals surface area contributed by atoms with Crippen LogP contribution in [0.2, 0.25) is 0 Å². The van der Waals surface area contributed by atoms with Crippen LogP contribution in [0.15, 0.2) is 6.20 Å². The lowest BCUT2D eigenvalue weighted by molar-refractivity contribution is 0.126. The van der Waals surface area contributed by atoms with Gasteiger partial charge in [-0.3, -0.25) is 5.10 Å². The Morgan fingerprint density at radius 2 is 2.10 bits per heavy atom. The zero-order chi connectivity index (χ0) is 14.7. The number of hydrogen-bond acceptors (Lipinski definition) is 6. The van der Waals surface area contributed by atoms with E-state index in [0.29, 0.717) is 12.0 Å². The topological polar surface area (TPSA) is 98.8 Å². The molecule has 0 aromatic carbocycles. The summed E-state index contributed by atoms with van der Waals surface area (Å²) in [5.41, 5.74) is 0.738. The van der Waals surface area contributed by atoms with Crippen LogP contribution >= 0.6 is 0 Å². The fourth-order valence-electron chi connectivity index (χ4n) is 2.67. The van der Waals surface area contributed by atoms with Crippen molar-refractivity contribution in [2.45, 2.75) is 51.2 Å². The summed E-state index contributed by atoms with van der Waals surface area (Å²) in [7, 11) is 0. The van der Waals surface area contributed by atoms with Crippen LogP contribution in [-0.4, -0.2) is 44.0 Å². The SMILES string of the molecule is CCCNc1nc(NC2CCC(O)CC2)c2cn[nH]c2n1. The number of rotatable bonds is 5. The van der Waals surface area contributed by atoms with Gasteiger partial charge in [0, 0.05) is 12.6 Å². The van der Waals surface area contributed by atoms with Crippen molar-refractivity contribution >= 4 is 22.8 Å². The van der Waals surface area contributed by atoms with Crippen LogP contribution in [0.25, 0.3) is 11.0 Å². The summed E-state index contributed by atoms with van der Waals surface area (Å²) < 4.78 is 0. The molecule has 0 spiro atoms. The van der Waals surface area contributed by atoms with Crippen molar-refractivity contribution in [3.05, 3.63) is 6.20 Å². The summed E-state index contributed by atoms with van der Waals surface area (Å²) in [6, 6.07) is 0.348. The molecule has 0 saturated heterocycles. The van der Waals surface area contributed by atoms with E-state index in [1.54, 1.807) is 6.20 Å². The van der Waals surface area contributed by atoms with Crippen molar-refractivity contribution in [2.24, 2.45) is 0 Å². The molecule has 1 fully saturated rings. The van der Waals surface area contributed by atoms with Gasteiger partial charge in [0.2, 0.25) is 5.95 Å². The predicted molar refractivity (Wildman–Crippen MR) is 82.3 cm³/mol. The largest absolute Gasteiger partial charge is 0.393 e. The standard InChI is InChI=1S/C14H22N6O/c1-2-7-15-14-18-12(11-8-16-20-13(11)19-14)17-9-3-5-10(21)6-4-9/h8-10,21H,2-7H2,1H3,(H3,15,16,17,18,19,20). The van der Waals surface area contributed by atoms with Gasteiger partial charge >= 0.3 is 0 Å². The average molecular weight is 290 g/mol. The van der Waals surface area contributed by atoms with E-state index in [1.165, 1.54) is 0 Å². The average Bonchev–Trinajstić information content (AvgIpc) is 2.96. The second-order valence-corrected chi connectivity index (χ2v) is 5.60. The zero-order valence-electron chi connectivity index (χ0n) is 12.3. The maximum atomic E-state index is 9.59. The van der Waals surface area contributed by atoms with E-state index in [1.807, 2.05) is 0 Å². The molecule has 0 aliphatic heterocycles. The highest BCUT2D eigenvalue weighted by atomic mass is 16.3. The zero-order valence-corrected chi connectivity index (χ0v) is 12.3. The molecule has 7 nitrogen and oxygen atoms in total. The number of aromatic nitrogens is 4. The molecule has 21 heavy (non-hydrogen) atoms. The summed E-state index contributed by atoms with van der Waals surface area (Å²) >= 11 is 0. The first-order valence-corrected chi connectivity index (χ1v) is 7.66. The monoisotopic (exact) mass is 290 g/mol. The van der Waals surface area contributed by atoms with Crippen molar-refractivity contribution in [1.82, 2.24) is 20.2 Å². The first-order chi connectivity index (χ1) is 10.3. The summed E-state index contributed by atoms with van der Waals surface area (Å²) in [4.78, 5) is 8.99. The molecule has 4 N–H and O–H groups in total.